The molecule has 1 aliphatic carbocycles. The van der Waals surface area contributed by atoms with Crippen molar-refractivity contribution in [3.8, 4) is 22.5 Å². The van der Waals surface area contributed by atoms with Crippen molar-refractivity contribution in [1.82, 2.24) is 20.6 Å². The van der Waals surface area contributed by atoms with Crippen LogP contribution in [0.3, 0.4) is 0 Å². The number of benzene rings is 2. The molecule has 4 rings (SSSR count). The van der Waals surface area contributed by atoms with Crippen LogP contribution in [0.2, 0.25) is 0 Å². The van der Waals surface area contributed by atoms with Gasteiger partial charge in [0.1, 0.15) is 5.69 Å². The van der Waals surface area contributed by atoms with Gasteiger partial charge in [0.15, 0.2) is 0 Å². The summed E-state index contributed by atoms with van der Waals surface area (Å²) >= 11 is 0. The van der Waals surface area contributed by atoms with Gasteiger partial charge in [-0.25, -0.2) is 0 Å². The van der Waals surface area contributed by atoms with Crippen molar-refractivity contribution in [2.24, 2.45) is 5.92 Å². The molecule has 162 valence electrons. The van der Waals surface area contributed by atoms with E-state index in [1.807, 2.05) is 36.4 Å². The molecule has 1 aromatic heterocycles. The van der Waals surface area contributed by atoms with E-state index in [2.05, 4.69) is 39.4 Å². The molecule has 0 atom stereocenters. The number of nitrogens with zero attached hydrogens (tertiary/aromatic N) is 5. The summed E-state index contributed by atoms with van der Waals surface area (Å²) in [4.78, 5) is 14.1. The molecule has 0 amide bonds. The van der Waals surface area contributed by atoms with E-state index in [-0.39, 0.29) is 10.6 Å². The summed E-state index contributed by atoms with van der Waals surface area (Å²) < 4.78 is 0. The Morgan fingerprint density at radius 2 is 1.87 bits per heavy atom. The lowest BCUT2D eigenvalue weighted by Gasteiger charge is -2.37. The van der Waals surface area contributed by atoms with Crippen molar-refractivity contribution in [3.63, 3.8) is 0 Å². The third kappa shape index (κ3) is 4.57. The van der Waals surface area contributed by atoms with Crippen LogP contribution in [-0.4, -0.2) is 38.1 Å². The molecule has 0 unspecified atom stereocenters. The maximum atomic E-state index is 12.1. The zero-order valence-corrected chi connectivity index (χ0v) is 18.0. The van der Waals surface area contributed by atoms with E-state index in [1.165, 1.54) is 19.3 Å². The molecule has 8 heteroatoms. The molecule has 0 spiro atoms. The van der Waals surface area contributed by atoms with E-state index in [0.717, 1.165) is 36.1 Å². The highest BCUT2D eigenvalue weighted by molar-refractivity contribution is 5.83. The van der Waals surface area contributed by atoms with Crippen molar-refractivity contribution in [2.75, 3.05) is 11.4 Å². The number of aromatic nitrogens is 4. The largest absolute Gasteiger partial charge is 0.363 e. The third-order valence-corrected chi connectivity index (χ3v) is 5.88. The van der Waals surface area contributed by atoms with Crippen LogP contribution in [0.4, 0.5) is 11.4 Å². The van der Waals surface area contributed by atoms with Crippen molar-refractivity contribution in [3.05, 3.63) is 52.6 Å². The number of nitrogens with one attached hydrogen (secondary N) is 1. The number of tetrazole rings is 1. The van der Waals surface area contributed by atoms with Gasteiger partial charge >= 0.3 is 0 Å². The molecule has 0 radical (unpaired) electrons. The molecule has 8 nitrogen and oxygen atoms in total. The van der Waals surface area contributed by atoms with Crippen molar-refractivity contribution in [2.45, 2.75) is 52.0 Å². The van der Waals surface area contributed by atoms with Crippen LogP contribution >= 0.6 is 0 Å². The molecule has 0 bridgehead atoms. The lowest BCUT2D eigenvalue weighted by Crippen LogP contribution is -2.39. The van der Waals surface area contributed by atoms with Crippen LogP contribution in [0.15, 0.2) is 42.5 Å². The van der Waals surface area contributed by atoms with Crippen molar-refractivity contribution < 1.29 is 4.92 Å². The summed E-state index contributed by atoms with van der Waals surface area (Å²) in [6.45, 7) is 5.14. The van der Waals surface area contributed by atoms with Gasteiger partial charge in [-0.2, -0.15) is 5.21 Å². The molecule has 1 heterocycles. The average Bonchev–Trinajstić information content (AvgIpc) is 3.32. The Kier molecular flexibility index (Phi) is 6.25. The van der Waals surface area contributed by atoms with E-state index in [4.69, 9.17) is 0 Å². The van der Waals surface area contributed by atoms with Gasteiger partial charge in [-0.15, -0.1) is 10.2 Å². The van der Waals surface area contributed by atoms with Crippen LogP contribution in [0.5, 0.6) is 0 Å². The highest BCUT2D eigenvalue weighted by Crippen LogP contribution is 2.39. The number of H-pyrrole nitrogens is 1. The summed E-state index contributed by atoms with van der Waals surface area (Å²) in [6.07, 6.45) is 5.80. The first-order chi connectivity index (χ1) is 15.0. The topological polar surface area (TPSA) is 101 Å². The minimum atomic E-state index is -0.258. The Balaban J connectivity index is 1.78. The zero-order valence-electron chi connectivity index (χ0n) is 18.0. The predicted octanol–water partition coefficient (Wildman–Crippen LogP) is 5.24. The summed E-state index contributed by atoms with van der Waals surface area (Å²) in [6, 6.07) is 13.5. The molecule has 1 saturated carbocycles. The minimum absolute atomic E-state index is 0.145. The molecule has 1 N–H and O–H groups in total. The summed E-state index contributed by atoms with van der Waals surface area (Å²) in [5, 5.41) is 26.4. The van der Waals surface area contributed by atoms with Crippen molar-refractivity contribution >= 4 is 11.4 Å². The highest BCUT2D eigenvalue weighted by Gasteiger charge is 2.28. The van der Waals surface area contributed by atoms with E-state index >= 15 is 0 Å². The lowest BCUT2D eigenvalue weighted by atomic mass is 9.92. The Morgan fingerprint density at radius 3 is 2.52 bits per heavy atom. The summed E-state index contributed by atoms with van der Waals surface area (Å²) in [5.74, 6) is 0.881. The predicted molar refractivity (Wildman–Crippen MR) is 121 cm³/mol. The number of anilines is 1. The molecule has 2 aromatic carbocycles. The van der Waals surface area contributed by atoms with E-state index in [9.17, 15) is 10.1 Å². The van der Waals surface area contributed by atoms with Crippen LogP contribution in [-0.2, 0) is 0 Å². The number of nitro benzene ring substituents is 1. The minimum Gasteiger partial charge on any atom is -0.363 e. The zero-order chi connectivity index (χ0) is 21.8. The highest BCUT2D eigenvalue weighted by atomic mass is 16.6. The van der Waals surface area contributed by atoms with Gasteiger partial charge in [-0.1, -0.05) is 63.4 Å². The smallest absolute Gasteiger partial charge is 0.293 e. The van der Waals surface area contributed by atoms with E-state index in [0.29, 0.717) is 23.5 Å². The van der Waals surface area contributed by atoms with Gasteiger partial charge in [0.25, 0.3) is 5.69 Å². The van der Waals surface area contributed by atoms with Gasteiger partial charge < -0.3 is 4.90 Å². The Morgan fingerprint density at radius 1 is 1.13 bits per heavy atom. The van der Waals surface area contributed by atoms with Crippen LogP contribution in [0.25, 0.3) is 22.5 Å². The summed E-state index contributed by atoms with van der Waals surface area (Å²) in [5.41, 5.74) is 3.25. The van der Waals surface area contributed by atoms with Gasteiger partial charge in [0.05, 0.1) is 4.92 Å². The van der Waals surface area contributed by atoms with Crippen LogP contribution in [0, 0.1) is 16.0 Å². The molecule has 3 aromatic rings. The number of hydrogen-bond donors (Lipinski definition) is 1. The van der Waals surface area contributed by atoms with E-state index in [1.54, 1.807) is 6.07 Å². The second-order valence-electron chi connectivity index (χ2n) is 8.58. The molecule has 1 aliphatic rings. The number of rotatable bonds is 7. The maximum Gasteiger partial charge on any atom is 0.293 e. The van der Waals surface area contributed by atoms with Gasteiger partial charge in [-0.3, -0.25) is 10.1 Å². The van der Waals surface area contributed by atoms with Gasteiger partial charge in [-0.05, 0) is 41.2 Å². The second-order valence-corrected chi connectivity index (χ2v) is 8.58. The van der Waals surface area contributed by atoms with Crippen LogP contribution in [0.1, 0.15) is 46.0 Å². The first-order valence-electron chi connectivity index (χ1n) is 10.9. The Hall–Kier alpha value is -3.29. The fraction of sp³-hybridized carbons (Fsp3) is 0.435. The molecular weight excluding hydrogens is 392 g/mol. The fourth-order valence-corrected chi connectivity index (χ4v) is 4.52. The number of nitro groups is 1. The molecule has 0 aliphatic heterocycles. The normalized spacial score (nSPS) is 14.7. The summed E-state index contributed by atoms with van der Waals surface area (Å²) in [7, 11) is 0. The number of hydrogen-bond acceptors (Lipinski definition) is 6. The SMILES string of the molecule is CC(C)CN(c1ccc(-c2ccccc2-c2nn[nH]n2)cc1[N+](=O)[O-])C1CCCCC1. The van der Waals surface area contributed by atoms with Crippen LogP contribution < -0.4 is 4.90 Å². The fourth-order valence-electron chi connectivity index (χ4n) is 4.52. The Bertz CT molecular complexity index is 1030. The molecular formula is C23H28N6O2. The first kappa shape index (κ1) is 21.0. The average molecular weight is 421 g/mol. The third-order valence-electron chi connectivity index (χ3n) is 5.88. The van der Waals surface area contributed by atoms with Gasteiger partial charge in [0.2, 0.25) is 5.82 Å². The molecule has 31 heavy (non-hydrogen) atoms. The standard InChI is InChI=1S/C23H28N6O2/c1-16(2)15-28(18-8-4-3-5-9-18)21-13-12-17(14-22(21)29(30)31)19-10-6-7-11-20(19)23-24-26-27-25-23/h6-7,10-14,16,18H,3-5,8-9,15H2,1-2H3,(H,24,25,26,27). The van der Waals surface area contributed by atoms with E-state index < -0.39 is 0 Å². The lowest BCUT2D eigenvalue weighted by molar-refractivity contribution is -0.384. The van der Waals surface area contributed by atoms with Gasteiger partial charge in [0, 0.05) is 24.2 Å². The maximum absolute atomic E-state index is 12.1. The second kappa shape index (κ2) is 9.24. The Labute approximate surface area is 181 Å². The molecule has 1 fully saturated rings. The monoisotopic (exact) mass is 420 g/mol. The molecule has 0 saturated heterocycles. The first-order valence-corrected chi connectivity index (χ1v) is 10.9. The number of aromatic amines is 1. The quantitative estimate of drug-likeness (QED) is 0.414. The van der Waals surface area contributed by atoms with Crippen molar-refractivity contribution in [1.29, 1.82) is 0 Å².